The maximum atomic E-state index is 11.9. The van der Waals surface area contributed by atoms with Crippen molar-refractivity contribution < 1.29 is 9.53 Å². The van der Waals surface area contributed by atoms with Crippen molar-refractivity contribution in [1.29, 1.82) is 5.26 Å². The van der Waals surface area contributed by atoms with Gasteiger partial charge >= 0.3 is 0 Å². The highest BCUT2D eigenvalue weighted by molar-refractivity contribution is 5.97. The molecule has 0 fully saturated rings. The third kappa shape index (κ3) is 6.29. The number of nitrogens with zero attached hydrogens (tertiary/aromatic N) is 2. The van der Waals surface area contributed by atoms with Crippen LogP contribution in [0.15, 0.2) is 36.0 Å². The van der Waals surface area contributed by atoms with Gasteiger partial charge in [-0.05, 0) is 31.8 Å². The van der Waals surface area contributed by atoms with Gasteiger partial charge in [-0.2, -0.15) is 5.26 Å². The first-order valence-corrected chi connectivity index (χ1v) is 6.96. The molecule has 1 rings (SSSR count). The van der Waals surface area contributed by atoms with Crippen molar-refractivity contribution in [2.75, 3.05) is 34.3 Å². The van der Waals surface area contributed by atoms with Crippen LogP contribution in [0.4, 0.5) is 0 Å². The molecule has 0 aromatic heterocycles. The number of methoxy groups -OCH3 is 1. The van der Waals surface area contributed by atoms with Gasteiger partial charge in [0, 0.05) is 25.8 Å². The molecule has 6 heteroatoms. The molecule has 0 atom stereocenters. The van der Waals surface area contributed by atoms with Gasteiger partial charge in [0.25, 0.3) is 5.91 Å². The van der Waals surface area contributed by atoms with Crippen LogP contribution in [-0.2, 0) is 11.3 Å². The molecule has 0 unspecified atom stereocenters. The zero-order valence-electron chi connectivity index (χ0n) is 13.2. The van der Waals surface area contributed by atoms with E-state index in [-0.39, 0.29) is 5.57 Å². The summed E-state index contributed by atoms with van der Waals surface area (Å²) in [5.74, 6) is 0.369. The fraction of sp³-hybridized carbons (Fsp3) is 0.375. The number of carbonyl (C=O) groups is 1. The topological polar surface area (TPSA) is 77.4 Å². The van der Waals surface area contributed by atoms with Crippen molar-refractivity contribution in [3.05, 3.63) is 41.6 Å². The van der Waals surface area contributed by atoms with Gasteiger partial charge < -0.3 is 20.3 Å². The van der Waals surface area contributed by atoms with E-state index in [1.165, 1.54) is 6.20 Å². The summed E-state index contributed by atoms with van der Waals surface area (Å²) in [6, 6.07) is 9.28. The standard InChI is InChI=1S/C16H22N4O2/c1-20(2)9-8-18-12-14(10-17)16(21)19-11-13-4-6-15(22-3)7-5-13/h4-7,12,18H,8-9,11H2,1-3H3,(H,19,21)/b14-12-. The predicted molar refractivity (Wildman–Crippen MR) is 85.1 cm³/mol. The second kappa shape index (κ2) is 9.42. The molecule has 0 saturated heterocycles. The number of likely N-dealkylation sites (N-methyl/N-ethyl adjacent to an activating group) is 1. The van der Waals surface area contributed by atoms with Crippen LogP contribution >= 0.6 is 0 Å². The molecule has 0 saturated carbocycles. The lowest BCUT2D eigenvalue weighted by Gasteiger charge is -2.09. The Morgan fingerprint density at radius 1 is 1.36 bits per heavy atom. The summed E-state index contributed by atoms with van der Waals surface area (Å²) >= 11 is 0. The zero-order chi connectivity index (χ0) is 16.4. The van der Waals surface area contributed by atoms with Crippen LogP contribution in [0.5, 0.6) is 5.75 Å². The molecule has 6 nitrogen and oxygen atoms in total. The van der Waals surface area contributed by atoms with Crippen molar-refractivity contribution >= 4 is 5.91 Å². The molecule has 1 aromatic rings. The number of amides is 1. The molecule has 0 radical (unpaired) electrons. The highest BCUT2D eigenvalue weighted by Gasteiger charge is 2.08. The van der Waals surface area contributed by atoms with E-state index in [2.05, 4.69) is 10.6 Å². The SMILES string of the molecule is COc1ccc(CNC(=O)/C(C#N)=C\NCCN(C)C)cc1. The first-order chi connectivity index (χ1) is 10.6. The fourth-order valence-corrected chi connectivity index (χ4v) is 1.63. The summed E-state index contributed by atoms with van der Waals surface area (Å²) < 4.78 is 5.07. The van der Waals surface area contributed by atoms with Gasteiger partial charge in [-0.3, -0.25) is 4.79 Å². The number of ether oxygens (including phenoxy) is 1. The number of hydrogen-bond donors (Lipinski definition) is 2. The molecule has 1 amide bonds. The van der Waals surface area contributed by atoms with Crippen molar-refractivity contribution in [2.45, 2.75) is 6.54 Å². The summed E-state index contributed by atoms with van der Waals surface area (Å²) in [6.07, 6.45) is 1.45. The van der Waals surface area contributed by atoms with Crippen LogP contribution in [0.2, 0.25) is 0 Å². The molecule has 1 aromatic carbocycles. The molecular formula is C16H22N4O2. The highest BCUT2D eigenvalue weighted by Crippen LogP contribution is 2.11. The van der Waals surface area contributed by atoms with E-state index in [1.807, 2.05) is 49.3 Å². The Morgan fingerprint density at radius 3 is 2.59 bits per heavy atom. The summed E-state index contributed by atoms with van der Waals surface area (Å²) in [4.78, 5) is 13.9. The third-order valence-electron chi connectivity index (χ3n) is 2.93. The van der Waals surface area contributed by atoms with Crippen LogP contribution in [0.1, 0.15) is 5.56 Å². The first-order valence-electron chi connectivity index (χ1n) is 6.96. The van der Waals surface area contributed by atoms with Gasteiger partial charge in [-0.15, -0.1) is 0 Å². The van der Waals surface area contributed by atoms with Gasteiger partial charge in [-0.25, -0.2) is 0 Å². The number of carbonyl (C=O) groups excluding carboxylic acids is 1. The van der Waals surface area contributed by atoms with E-state index in [0.717, 1.165) is 17.9 Å². The first kappa shape index (κ1) is 17.5. The number of benzene rings is 1. The molecule has 0 heterocycles. The Balaban J connectivity index is 2.47. The molecule has 0 aliphatic heterocycles. The van der Waals surface area contributed by atoms with Crippen LogP contribution in [-0.4, -0.2) is 45.1 Å². The van der Waals surface area contributed by atoms with E-state index in [0.29, 0.717) is 13.1 Å². The summed E-state index contributed by atoms with van der Waals surface area (Å²) in [5, 5.41) is 14.7. The second-order valence-electron chi connectivity index (χ2n) is 4.96. The highest BCUT2D eigenvalue weighted by atomic mass is 16.5. The molecule has 0 aliphatic rings. The van der Waals surface area contributed by atoms with Crippen molar-refractivity contribution in [2.24, 2.45) is 0 Å². The van der Waals surface area contributed by atoms with Crippen LogP contribution in [0, 0.1) is 11.3 Å². The predicted octanol–water partition coefficient (Wildman–Crippen LogP) is 0.870. The zero-order valence-corrected chi connectivity index (χ0v) is 13.2. The van der Waals surface area contributed by atoms with Crippen molar-refractivity contribution in [3.63, 3.8) is 0 Å². The van der Waals surface area contributed by atoms with E-state index < -0.39 is 5.91 Å². The maximum absolute atomic E-state index is 11.9. The largest absolute Gasteiger partial charge is 0.497 e. The van der Waals surface area contributed by atoms with Gasteiger partial charge in [0.15, 0.2) is 0 Å². The Kier molecular flexibility index (Phi) is 7.51. The third-order valence-corrected chi connectivity index (χ3v) is 2.93. The summed E-state index contributed by atoms with van der Waals surface area (Å²) in [6.45, 7) is 1.85. The minimum absolute atomic E-state index is 0.0623. The fourth-order valence-electron chi connectivity index (χ4n) is 1.63. The van der Waals surface area contributed by atoms with E-state index in [9.17, 15) is 4.79 Å². The average molecular weight is 302 g/mol. The number of rotatable bonds is 8. The number of nitrogens with one attached hydrogen (secondary N) is 2. The summed E-state index contributed by atoms with van der Waals surface area (Å²) in [7, 11) is 5.51. The molecule has 0 bridgehead atoms. The van der Waals surface area contributed by atoms with E-state index >= 15 is 0 Å². The second-order valence-corrected chi connectivity index (χ2v) is 4.96. The van der Waals surface area contributed by atoms with Gasteiger partial charge in [0.05, 0.1) is 7.11 Å². The molecule has 2 N–H and O–H groups in total. The monoisotopic (exact) mass is 302 g/mol. The summed E-state index contributed by atoms with van der Waals surface area (Å²) in [5.41, 5.74) is 0.999. The molecule has 22 heavy (non-hydrogen) atoms. The molecular weight excluding hydrogens is 280 g/mol. The van der Waals surface area contributed by atoms with Crippen LogP contribution in [0.25, 0.3) is 0 Å². The Morgan fingerprint density at radius 2 is 2.05 bits per heavy atom. The minimum atomic E-state index is -0.393. The molecule has 0 spiro atoms. The molecule has 118 valence electrons. The average Bonchev–Trinajstić information content (AvgIpc) is 2.53. The normalized spacial score (nSPS) is 11.0. The maximum Gasteiger partial charge on any atom is 0.263 e. The smallest absolute Gasteiger partial charge is 0.263 e. The lowest BCUT2D eigenvalue weighted by Crippen LogP contribution is -2.27. The Bertz CT molecular complexity index is 544. The lowest BCUT2D eigenvalue weighted by atomic mass is 10.2. The molecule has 0 aliphatic carbocycles. The van der Waals surface area contributed by atoms with Crippen molar-refractivity contribution in [3.8, 4) is 11.8 Å². The Labute approximate surface area is 131 Å². The van der Waals surface area contributed by atoms with Crippen LogP contribution in [0.3, 0.4) is 0 Å². The number of hydrogen-bond acceptors (Lipinski definition) is 5. The van der Waals surface area contributed by atoms with Crippen molar-refractivity contribution in [1.82, 2.24) is 15.5 Å². The lowest BCUT2D eigenvalue weighted by molar-refractivity contribution is -0.117. The minimum Gasteiger partial charge on any atom is -0.497 e. The van der Waals surface area contributed by atoms with Crippen LogP contribution < -0.4 is 15.4 Å². The number of nitriles is 1. The quantitative estimate of drug-likeness (QED) is 0.423. The Hall–Kier alpha value is -2.52. The van der Waals surface area contributed by atoms with Gasteiger partial charge in [0.2, 0.25) is 0 Å². The van der Waals surface area contributed by atoms with Gasteiger partial charge in [-0.1, -0.05) is 12.1 Å². The van der Waals surface area contributed by atoms with Gasteiger partial charge in [0.1, 0.15) is 17.4 Å². The van der Waals surface area contributed by atoms with E-state index in [1.54, 1.807) is 7.11 Å². The van der Waals surface area contributed by atoms with E-state index in [4.69, 9.17) is 10.00 Å².